The SMILES string of the molecule is CCC(C)(C)NC(=O)C(C)Nc1ccc2c(c1)OCCO2. The van der Waals surface area contributed by atoms with Gasteiger partial charge in [0.05, 0.1) is 0 Å². The quantitative estimate of drug-likeness (QED) is 0.875. The molecule has 0 saturated carbocycles. The molecule has 1 amide bonds. The molecule has 2 N–H and O–H groups in total. The van der Waals surface area contributed by atoms with E-state index in [0.717, 1.165) is 17.9 Å². The average Bonchev–Trinajstić information content (AvgIpc) is 2.46. The standard InChI is InChI=1S/C16H24N2O3/c1-5-16(3,4)18-15(19)11(2)17-12-6-7-13-14(10-12)21-9-8-20-13/h6-7,10-11,17H,5,8-9H2,1-4H3,(H,18,19). The molecule has 0 saturated heterocycles. The Morgan fingerprint density at radius 3 is 2.62 bits per heavy atom. The molecule has 1 unspecified atom stereocenters. The third kappa shape index (κ3) is 4.03. The zero-order chi connectivity index (χ0) is 15.5. The number of amides is 1. The number of ether oxygens (including phenoxy) is 2. The summed E-state index contributed by atoms with van der Waals surface area (Å²) in [4.78, 5) is 12.2. The molecule has 1 aromatic rings. The number of fused-ring (bicyclic) bond motifs is 1. The molecule has 5 nitrogen and oxygen atoms in total. The van der Waals surface area contributed by atoms with E-state index >= 15 is 0 Å². The summed E-state index contributed by atoms with van der Waals surface area (Å²) < 4.78 is 11.0. The molecule has 2 rings (SSSR count). The highest BCUT2D eigenvalue weighted by Crippen LogP contribution is 2.32. The maximum atomic E-state index is 12.2. The van der Waals surface area contributed by atoms with Crippen LogP contribution in [0, 0.1) is 0 Å². The Kier molecular flexibility index (Phi) is 4.60. The van der Waals surface area contributed by atoms with Crippen molar-refractivity contribution >= 4 is 11.6 Å². The summed E-state index contributed by atoms with van der Waals surface area (Å²) in [7, 11) is 0. The van der Waals surface area contributed by atoms with Crippen LogP contribution in [0.15, 0.2) is 18.2 Å². The predicted octanol–water partition coefficient (Wildman–Crippen LogP) is 2.56. The molecule has 1 aromatic carbocycles. The molecule has 1 heterocycles. The van der Waals surface area contributed by atoms with Gasteiger partial charge in [-0.2, -0.15) is 0 Å². The van der Waals surface area contributed by atoms with Crippen molar-refractivity contribution in [3.05, 3.63) is 18.2 Å². The van der Waals surface area contributed by atoms with E-state index in [4.69, 9.17) is 9.47 Å². The van der Waals surface area contributed by atoms with E-state index < -0.39 is 0 Å². The highest BCUT2D eigenvalue weighted by Gasteiger charge is 2.22. The van der Waals surface area contributed by atoms with Crippen LogP contribution in [0.2, 0.25) is 0 Å². The van der Waals surface area contributed by atoms with Crippen molar-refractivity contribution in [1.82, 2.24) is 5.32 Å². The summed E-state index contributed by atoms with van der Waals surface area (Å²) in [5, 5.41) is 6.22. The number of nitrogens with one attached hydrogen (secondary N) is 2. The Morgan fingerprint density at radius 1 is 1.29 bits per heavy atom. The Morgan fingerprint density at radius 2 is 1.95 bits per heavy atom. The molecule has 1 aliphatic heterocycles. The van der Waals surface area contributed by atoms with Crippen molar-refractivity contribution in [2.75, 3.05) is 18.5 Å². The zero-order valence-electron chi connectivity index (χ0n) is 13.2. The van der Waals surface area contributed by atoms with Crippen LogP contribution in [0.3, 0.4) is 0 Å². The van der Waals surface area contributed by atoms with Crippen molar-refractivity contribution in [2.24, 2.45) is 0 Å². The minimum atomic E-state index is -0.321. The maximum absolute atomic E-state index is 12.2. The van der Waals surface area contributed by atoms with Gasteiger partial charge in [-0.15, -0.1) is 0 Å². The third-order valence-electron chi connectivity index (χ3n) is 3.66. The molecule has 0 radical (unpaired) electrons. The summed E-state index contributed by atoms with van der Waals surface area (Å²) >= 11 is 0. The first-order valence-corrected chi connectivity index (χ1v) is 7.39. The second kappa shape index (κ2) is 6.24. The van der Waals surface area contributed by atoms with E-state index in [-0.39, 0.29) is 17.5 Å². The lowest BCUT2D eigenvalue weighted by Gasteiger charge is -2.27. The molecule has 21 heavy (non-hydrogen) atoms. The number of hydrogen-bond donors (Lipinski definition) is 2. The van der Waals surface area contributed by atoms with Gasteiger partial charge in [0.25, 0.3) is 0 Å². The van der Waals surface area contributed by atoms with Crippen LogP contribution in [-0.2, 0) is 4.79 Å². The molecular formula is C16H24N2O3. The molecule has 0 bridgehead atoms. The number of carbonyl (C=O) groups is 1. The van der Waals surface area contributed by atoms with Crippen molar-refractivity contribution in [1.29, 1.82) is 0 Å². The largest absolute Gasteiger partial charge is 0.486 e. The van der Waals surface area contributed by atoms with Crippen molar-refractivity contribution in [3.8, 4) is 11.5 Å². The van der Waals surface area contributed by atoms with Crippen LogP contribution in [0.5, 0.6) is 11.5 Å². The van der Waals surface area contributed by atoms with Gasteiger partial charge < -0.3 is 20.1 Å². The Balaban J connectivity index is 1.99. The van der Waals surface area contributed by atoms with Gasteiger partial charge in [0.1, 0.15) is 19.3 Å². The van der Waals surface area contributed by atoms with E-state index in [9.17, 15) is 4.79 Å². The Hall–Kier alpha value is -1.91. The van der Waals surface area contributed by atoms with Gasteiger partial charge in [0.15, 0.2) is 11.5 Å². The first kappa shape index (κ1) is 15.5. The monoisotopic (exact) mass is 292 g/mol. The van der Waals surface area contributed by atoms with Crippen molar-refractivity contribution in [2.45, 2.75) is 45.7 Å². The summed E-state index contributed by atoms with van der Waals surface area (Å²) in [5.41, 5.74) is 0.649. The minimum Gasteiger partial charge on any atom is -0.486 e. The number of benzene rings is 1. The van der Waals surface area contributed by atoms with Crippen LogP contribution < -0.4 is 20.1 Å². The molecule has 116 valence electrons. The summed E-state index contributed by atoms with van der Waals surface area (Å²) in [6, 6.07) is 5.29. The minimum absolute atomic E-state index is 0.0169. The number of hydrogen-bond acceptors (Lipinski definition) is 4. The molecule has 1 atom stereocenters. The molecule has 0 aromatic heterocycles. The van der Waals surface area contributed by atoms with E-state index in [0.29, 0.717) is 19.0 Å². The van der Waals surface area contributed by atoms with E-state index in [1.54, 1.807) is 0 Å². The zero-order valence-corrected chi connectivity index (χ0v) is 13.2. The predicted molar refractivity (Wildman–Crippen MR) is 83.0 cm³/mol. The first-order valence-electron chi connectivity index (χ1n) is 7.39. The van der Waals surface area contributed by atoms with E-state index in [1.165, 1.54) is 0 Å². The van der Waals surface area contributed by atoms with Crippen molar-refractivity contribution in [3.63, 3.8) is 0 Å². The molecule has 0 aliphatic carbocycles. The smallest absolute Gasteiger partial charge is 0.242 e. The Bertz CT molecular complexity index is 514. The topological polar surface area (TPSA) is 59.6 Å². The summed E-state index contributed by atoms with van der Waals surface area (Å²) in [6.45, 7) is 9.06. The van der Waals surface area contributed by atoms with Crippen LogP contribution in [-0.4, -0.2) is 30.7 Å². The summed E-state index contributed by atoms with van der Waals surface area (Å²) in [5.74, 6) is 1.44. The average molecular weight is 292 g/mol. The fraction of sp³-hybridized carbons (Fsp3) is 0.562. The molecule has 0 fully saturated rings. The molecular weight excluding hydrogens is 268 g/mol. The number of anilines is 1. The molecule has 1 aliphatic rings. The highest BCUT2D eigenvalue weighted by atomic mass is 16.6. The van der Waals surface area contributed by atoms with E-state index in [2.05, 4.69) is 17.6 Å². The van der Waals surface area contributed by atoms with Crippen molar-refractivity contribution < 1.29 is 14.3 Å². The lowest BCUT2D eigenvalue weighted by molar-refractivity contribution is -0.123. The van der Waals surface area contributed by atoms with Gasteiger partial charge >= 0.3 is 0 Å². The van der Waals surface area contributed by atoms with Crippen LogP contribution in [0.4, 0.5) is 5.69 Å². The lowest BCUT2D eigenvalue weighted by Crippen LogP contribution is -2.48. The fourth-order valence-electron chi connectivity index (χ4n) is 1.98. The number of carbonyl (C=O) groups excluding carboxylic acids is 1. The molecule has 0 spiro atoms. The molecule has 5 heteroatoms. The number of rotatable bonds is 5. The first-order chi connectivity index (χ1) is 9.91. The normalized spacial score (nSPS) is 15.2. The third-order valence-corrected chi connectivity index (χ3v) is 3.66. The van der Waals surface area contributed by atoms with Crippen LogP contribution in [0.25, 0.3) is 0 Å². The van der Waals surface area contributed by atoms with Gasteiger partial charge in [-0.3, -0.25) is 4.79 Å². The second-order valence-electron chi connectivity index (χ2n) is 5.95. The summed E-state index contributed by atoms with van der Waals surface area (Å²) in [6.07, 6.45) is 0.884. The maximum Gasteiger partial charge on any atom is 0.242 e. The van der Waals surface area contributed by atoms with E-state index in [1.807, 2.05) is 39.0 Å². The fourth-order valence-corrected chi connectivity index (χ4v) is 1.98. The Labute approximate surface area is 126 Å². The van der Waals surface area contributed by atoms with Gasteiger partial charge in [-0.05, 0) is 39.3 Å². The van der Waals surface area contributed by atoms with Gasteiger partial charge in [-0.25, -0.2) is 0 Å². The highest BCUT2D eigenvalue weighted by molar-refractivity contribution is 5.84. The lowest BCUT2D eigenvalue weighted by atomic mass is 10.0. The van der Waals surface area contributed by atoms with Gasteiger partial charge in [0.2, 0.25) is 5.91 Å². The van der Waals surface area contributed by atoms with Crippen LogP contribution in [0.1, 0.15) is 34.1 Å². The van der Waals surface area contributed by atoms with Gasteiger partial charge in [-0.1, -0.05) is 6.92 Å². The van der Waals surface area contributed by atoms with Crippen LogP contribution >= 0.6 is 0 Å². The van der Waals surface area contributed by atoms with Gasteiger partial charge in [0, 0.05) is 17.3 Å². The second-order valence-corrected chi connectivity index (χ2v) is 5.95.